The maximum atomic E-state index is 12.4. The maximum absolute atomic E-state index is 12.4. The average Bonchev–Trinajstić information content (AvgIpc) is 2.17. The maximum Gasteiger partial charge on any atom is 0.265 e. The van der Waals surface area contributed by atoms with Crippen molar-refractivity contribution in [2.75, 3.05) is 0 Å². The molecule has 0 saturated carbocycles. The molecule has 0 fully saturated rings. The Kier molecular flexibility index (Phi) is 3.62. The van der Waals surface area contributed by atoms with Gasteiger partial charge in [0.1, 0.15) is 6.07 Å². The Morgan fingerprint density at radius 2 is 2.21 bits per heavy atom. The van der Waals surface area contributed by atoms with Crippen molar-refractivity contribution >= 4 is 23.2 Å². The number of hydrogen-bond acceptors (Lipinski definition) is 2. The Hall–Kier alpha value is -0.920. The standard InChI is InChI=1S/C8H4Cl2F2N2/c9-2-6-4(8(11)12)1-5(10)7(3-13)14-6/h1,8H,2H2. The monoisotopic (exact) mass is 236 g/mol. The summed E-state index contributed by atoms with van der Waals surface area (Å²) in [5, 5.41) is 8.45. The van der Waals surface area contributed by atoms with Crippen LogP contribution in [0.5, 0.6) is 0 Å². The molecule has 1 aromatic rings. The zero-order valence-electron chi connectivity index (χ0n) is 6.77. The molecule has 0 unspecified atom stereocenters. The third-order valence-corrected chi connectivity index (χ3v) is 2.10. The highest BCUT2D eigenvalue weighted by Crippen LogP contribution is 2.27. The number of nitrogens with zero attached hydrogens (tertiary/aromatic N) is 2. The summed E-state index contributed by atoms with van der Waals surface area (Å²) in [6, 6.07) is 2.71. The van der Waals surface area contributed by atoms with Crippen LogP contribution >= 0.6 is 23.2 Å². The molecule has 1 rings (SSSR count). The molecule has 0 atom stereocenters. The molecule has 0 spiro atoms. The molecule has 6 heteroatoms. The molecule has 0 saturated heterocycles. The Balaban J connectivity index is 3.33. The van der Waals surface area contributed by atoms with Gasteiger partial charge < -0.3 is 0 Å². The molecule has 1 aromatic heterocycles. The van der Waals surface area contributed by atoms with Crippen LogP contribution in [0, 0.1) is 11.3 Å². The van der Waals surface area contributed by atoms with Gasteiger partial charge in [0.2, 0.25) is 0 Å². The predicted octanol–water partition coefficient (Wildman–Crippen LogP) is 3.28. The summed E-state index contributed by atoms with van der Waals surface area (Å²) in [6.45, 7) is 0. The van der Waals surface area contributed by atoms with Gasteiger partial charge in [-0.15, -0.1) is 11.6 Å². The third kappa shape index (κ3) is 2.11. The molecule has 0 aliphatic heterocycles. The lowest BCUT2D eigenvalue weighted by Gasteiger charge is -2.06. The molecule has 0 aromatic carbocycles. The fourth-order valence-electron chi connectivity index (χ4n) is 0.915. The van der Waals surface area contributed by atoms with Crippen LogP contribution in [0.1, 0.15) is 23.4 Å². The van der Waals surface area contributed by atoms with Crippen molar-refractivity contribution in [3.05, 3.63) is 28.0 Å². The number of nitriles is 1. The minimum absolute atomic E-state index is 0.0115. The molecule has 74 valence electrons. The van der Waals surface area contributed by atoms with E-state index in [9.17, 15) is 8.78 Å². The Labute approximate surface area is 89.1 Å². The number of halogens is 4. The van der Waals surface area contributed by atoms with E-state index in [2.05, 4.69) is 4.98 Å². The van der Waals surface area contributed by atoms with Gasteiger partial charge >= 0.3 is 0 Å². The van der Waals surface area contributed by atoms with E-state index < -0.39 is 6.43 Å². The van der Waals surface area contributed by atoms with Crippen LogP contribution in [0.3, 0.4) is 0 Å². The molecule has 0 bridgehead atoms. The van der Waals surface area contributed by atoms with Crippen LogP contribution in [0.4, 0.5) is 8.78 Å². The highest BCUT2D eigenvalue weighted by Gasteiger charge is 2.16. The summed E-state index contributed by atoms with van der Waals surface area (Å²) >= 11 is 11.0. The van der Waals surface area contributed by atoms with Crippen molar-refractivity contribution in [2.45, 2.75) is 12.3 Å². The number of rotatable bonds is 2. The van der Waals surface area contributed by atoms with E-state index in [0.29, 0.717) is 0 Å². The smallest absolute Gasteiger partial charge is 0.239 e. The second-order valence-corrected chi connectivity index (χ2v) is 3.08. The SMILES string of the molecule is N#Cc1nc(CCl)c(C(F)F)cc1Cl. The zero-order valence-corrected chi connectivity index (χ0v) is 8.28. The highest BCUT2D eigenvalue weighted by molar-refractivity contribution is 6.31. The van der Waals surface area contributed by atoms with Gasteiger partial charge in [-0.2, -0.15) is 5.26 Å². The van der Waals surface area contributed by atoms with Crippen LogP contribution in [-0.4, -0.2) is 4.98 Å². The van der Waals surface area contributed by atoms with Crippen LogP contribution in [-0.2, 0) is 5.88 Å². The summed E-state index contributed by atoms with van der Waals surface area (Å²) in [4.78, 5) is 3.63. The lowest BCUT2D eigenvalue weighted by Crippen LogP contribution is -1.99. The first kappa shape index (κ1) is 11.2. The topological polar surface area (TPSA) is 36.7 Å². The van der Waals surface area contributed by atoms with E-state index in [1.165, 1.54) is 0 Å². The van der Waals surface area contributed by atoms with E-state index in [4.69, 9.17) is 28.5 Å². The quantitative estimate of drug-likeness (QED) is 0.740. The average molecular weight is 237 g/mol. The first-order valence-electron chi connectivity index (χ1n) is 3.53. The second kappa shape index (κ2) is 4.54. The molecule has 14 heavy (non-hydrogen) atoms. The summed E-state index contributed by atoms with van der Waals surface area (Å²) in [6.07, 6.45) is -2.69. The van der Waals surface area contributed by atoms with Crippen molar-refractivity contribution in [3.63, 3.8) is 0 Å². The first-order chi connectivity index (χ1) is 6.60. The Morgan fingerprint density at radius 3 is 2.64 bits per heavy atom. The van der Waals surface area contributed by atoms with Gasteiger partial charge in [-0.25, -0.2) is 13.8 Å². The van der Waals surface area contributed by atoms with Gasteiger partial charge in [-0.3, -0.25) is 0 Å². The number of hydrogen-bond donors (Lipinski definition) is 0. The molecule has 0 aliphatic carbocycles. The summed E-state index contributed by atoms with van der Waals surface area (Å²) in [7, 11) is 0. The van der Waals surface area contributed by atoms with Crippen molar-refractivity contribution < 1.29 is 8.78 Å². The van der Waals surface area contributed by atoms with E-state index >= 15 is 0 Å². The minimum atomic E-state index is -2.69. The molecule has 0 aliphatic rings. The predicted molar refractivity (Wildman–Crippen MR) is 48.5 cm³/mol. The van der Waals surface area contributed by atoms with Gasteiger partial charge in [-0.1, -0.05) is 11.6 Å². The van der Waals surface area contributed by atoms with Crippen molar-refractivity contribution in [3.8, 4) is 6.07 Å². The molecule has 0 amide bonds. The molecule has 1 heterocycles. The zero-order chi connectivity index (χ0) is 10.7. The Bertz CT molecular complexity index is 388. The van der Waals surface area contributed by atoms with Gasteiger partial charge in [0.05, 0.1) is 16.6 Å². The molecule has 0 N–H and O–H groups in total. The number of pyridine rings is 1. The van der Waals surface area contributed by atoms with Gasteiger partial charge in [0.15, 0.2) is 5.69 Å². The number of aromatic nitrogens is 1. The van der Waals surface area contributed by atoms with Crippen LogP contribution in [0.2, 0.25) is 5.02 Å². The van der Waals surface area contributed by atoms with Gasteiger partial charge in [-0.05, 0) is 6.07 Å². The van der Waals surface area contributed by atoms with Gasteiger partial charge in [0.25, 0.3) is 6.43 Å². The molecular formula is C8H4Cl2F2N2. The third-order valence-electron chi connectivity index (χ3n) is 1.56. The molecular weight excluding hydrogens is 233 g/mol. The first-order valence-corrected chi connectivity index (χ1v) is 4.45. The fourth-order valence-corrected chi connectivity index (χ4v) is 1.33. The number of alkyl halides is 3. The summed E-state index contributed by atoms with van der Waals surface area (Å²) < 4.78 is 24.8. The van der Waals surface area contributed by atoms with Crippen molar-refractivity contribution in [1.29, 1.82) is 5.26 Å². The normalized spacial score (nSPS) is 10.3. The minimum Gasteiger partial charge on any atom is -0.239 e. The van der Waals surface area contributed by atoms with Crippen LogP contribution in [0.25, 0.3) is 0 Å². The van der Waals surface area contributed by atoms with Crippen molar-refractivity contribution in [2.24, 2.45) is 0 Å². The van der Waals surface area contributed by atoms with E-state index in [1.54, 1.807) is 6.07 Å². The Morgan fingerprint density at radius 1 is 1.57 bits per heavy atom. The van der Waals surface area contributed by atoms with Crippen LogP contribution < -0.4 is 0 Å². The van der Waals surface area contributed by atoms with E-state index in [-0.39, 0.29) is 27.9 Å². The molecule has 2 nitrogen and oxygen atoms in total. The second-order valence-electron chi connectivity index (χ2n) is 2.40. The van der Waals surface area contributed by atoms with E-state index in [0.717, 1.165) is 6.07 Å². The van der Waals surface area contributed by atoms with Crippen LogP contribution in [0.15, 0.2) is 6.07 Å². The highest BCUT2D eigenvalue weighted by atomic mass is 35.5. The summed E-state index contributed by atoms with van der Waals surface area (Å²) in [5.74, 6) is -0.175. The van der Waals surface area contributed by atoms with Crippen molar-refractivity contribution in [1.82, 2.24) is 4.98 Å². The lowest BCUT2D eigenvalue weighted by atomic mass is 10.2. The fraction of sp³-hybridized carbons (Fsp3) is 0.250. The largest absolute Gasteiger partial charge is 0.265 e. The lowest BCUT2D eigenvalue weighted by molar-refractivity contribution is 0.150. The summed E-state index contributed by atoms with van der Waals surface area (Å²) in [5.41, 5.74) is -0.432. The van der Waals surface area contributed by atoms with E-state index in [1.807, 2.05) is 0 Å². The molecule has 0 radical (unpaired) electrons. The van der Waals surface area contributed by atoms with Gasteiger partial charge in [0, 0.05) is 5.56 Å².